The maximum atomic E-state index is 11.8. The van der Waals surface area contributed by atoms with E-state index in [0.717, 1.165) is 31.8 Å². The van der Waals surface area contributed by atoms with Crippen LogP contribution in [0.5, 0.6) is 0 Å². The molecule has 3 nitrogen and oxygen atoms in total. The van der Waals surface area contributed by atoms with Crippen molar-refractivity contribution in [1.29, 1.82) is 0 Å². The fourth-order valence-corrected chi connectivity index (χ4v) is 2.46. The molecule has 0 aromatic rings. The summed E-state index contributed by atoms with van der Waals surface area (Å²) in [5.41, 5.74) is 0. The zero-order valence-corrected chi connectivity index (χ0v) is 9.50. The van der Waals surface area contributed by atoms with Crippen LogP contribution in [-0.2, 0) is 9.53 Å². The average molecular weight is 211 g/mol. The first-order valence-electron chi connectivity index (χ1n) is 6.14. The van der Waals surface area contributed by atoms with Crippen LogP contribution >= 0.6 is 0 Å². The Labute approximate surface area is 91.6 Å². The molecule has 1 saturated carbocycles. The summed E-state index contributed by atoms with van der Waals surface area (Å²) in [6.07, 6.45) is 5.72. The maximum absolute atomic E-state index is 11.8. The van der Waals surface area contributed by atoms with Crippen molar-refractivity contribution in [3.63, 3.8) is 0 Å². The van der Waals surface area contributed by atoms with Gasteiger partial charge in [-0.2, -0.15) is 0 Å². The predicted octanol–water partition coefficient (Wildman–Crippen LogP) is 1.72. The lowest BCUT2D eigenvalue weighted by molar-refractivity contribution is -0.125. The minimum Gasteiger partial charge on any atom is -0.381 e. The largest absolute Gasteiger partial charge is 0.381 e. The molecular formula is C12H21NO2. The van der Waals surface area contributed by atoms with Crippen LogP contribution in [0.15, 0.2) is 0 Å². The molecule has 2 aliphatic rings. The SMILES string of the molecule is CC1CCC(NC(=O)C2CCOC2)CC1. The lowest BCUT2D eigenvalue weighted by Crippen LogP contribution is -2.40. The first-order chi connectivity index (χ1) is 7.25. The van der Waals surface area contributed by atoms with E-state index in [1.807, 2.05) is 0 Å². The van der Waals surface area contributed by atoms with Crippen molar-refractivity contribution in [3.05, 3.63) is 0 Å². The number of rotatable bonds is 2. The Kier molecular flexibility index (Phi) is 3.62. The van der Waals surface area contributed by atoms with Crippen molar-refractivity contribution in [2.24, 2.45) is 11.8 Å². The van der Waals surface area contributed by atoms with Crippen molar-refractivity contribution in [2.75, 3.05) is 13.2 Å². The minimum atomic E-state index is 0.115. The zero-order chi connectivity index (χ0) is 10.7. The van der Waals surface area contributed by atoms with E-state index in [1.54, 1.807) is 0 Å². The third kappa shape index (κ3) is 2.94. The molecule has 1 N–H and O–H groups in total. The van der Waals surface area contributed by atoms with Gasteiger partial charge in [-0.3, -0.25) is 4.79 Å². The summed E-state index contributed by atoms with van der Waals surface area (Å²) in [5, 5.41) is 3.16. The number of hydrogen-bond donors (Lipinski definition) is 1. The smallest absolute Gasteiger partial charge is 0.225 e. The lowest BCUT2D eigenvalue weighted by atomic mass is 9.87. The number of ether oxygens (including phenoxy) is 1. The van der Waals surface area contributed by atoms with Gasteiger partial charge in [-0.05, 0) is 38.0 Å². The quantitative estimate of drug-likeness (QED) is 0.755. The van der Waals surface area contributed by atoms with Crippen LogP contribution < -0.4 is 5.32 Å². The monoisotopic (exact) mass is 211 g/mol. The third-order valence-corrected chi connectivity index (χ3v) is 3.66. The molecule has 2 rings (SSSR count). The Morgan fingerprint density at radius 1 is 1.20 bits per heavy atom. The molecule has 86 valence electrons. The van der Waals surface area contributed by atoms with Crippen molar-refractivity contribution in [2.45, 2.75) is 45.1 Å². The Hall–Kier alpha value is -0.570. The zero-order valence-electron chi connectivity index (χ0n) is 9.50. The molecule has 0 aromatic heterocycles. The van der Waals surface area contributed by atoms with E-state index in [-0.39, 0.29) is 11.8 Å². The summed E-state index contributed by atoms with van der Waals surface area (Å²) >= 11 is 0. The van der Waals surface area contributed by atoms with Crippen molar-refractivity contribution < 1.29 is 9.53 Å². The molecule has 1 saturated heterocycles. The fourth-order valence-electron chi connectivity index (χ4n) is 2.46. The van der Waals surface area contributed by atoms with Crippen LogP contribution in [0.3, 0.4) is 0 Å². The standard InChI is InChI=1S/C12H21NO2/c1-9-2-4-11(5-3-9)13-12(14)10-6-7-15-8-10/h9-11H,2-8H2,1H3,(H,13,14). The van der Waals surface area contributed by atoms with E-state index in [4.69, 9.17) is 4.74 Å². The molecule has 0 radical (unpaired) electrons. The molecule has 3 heteroatoms. The first kappa shape index (κ1) is 10.9. The predicted molar refractivity (Wildman–Crippen MR) is 58.5 cm³/mol. The molecule has 15 heavy (non-hydrogen) atoms. The van der Waals surface area contributed by atoms with Gasteiger partial charge >= 0.3 is 0 Å². The Bertz CT molecular complexity index is 216. The highest BCUT2D eigenvalue weighted by molar-refractivity contribution is 5.79. The highest BCUT2D eigenvalue weighted by atomic mass is 16.5. The fraction of sp³-hybridized carbons (Fsp3) is 0.917. The maximum Gasteiger partial charge on any atom is 0.225 e. The van der Waals surface area contributed by atoms with E-state index in [1.165, 1.54) is 12.8 Å². The summed E-state index contributed by atoms with van der Waals surface area (Å²) in [6.45, 7) is 3.66. The lowest BCUT2D eigenvalue weighted by Gasteiger charge is -2.27. The second-order valence-corrected chi connectivity index (χ2v) is 5.03. The molecule has 1 atom stereocenters. The normalized spacial score (nSPS) is 36.5. The minimum absolute atomic E-state index is 0.115. The highest BCUT2D eigenvalue weighted by Crippen LogP contribution is 2.24. The Morgan fingerprint density at radius 2 is 1.93 bits per heavy atom. The van der Waals surface area contributed by atoms with Crippen molar-refractivity contribution in [1.82, 2.24) is 5.32 Å². The average Bonchev–Trinajstić information content (AvgIpc) is 2.74. The number of amides is 1. The molecular weight excluding hydrogens is 190 g/mol. The van der Waals surface area contributed by atoms with Gasteiger partial charge in [0.25, 0.3) is 0 Å². The van der Waals surface area contributed by atoms with Crippen LogP contribution in [0.2, 0.25) is 0 Å². The third-order valence-electron chi connectivity index (χ3n) is 3.66. The van der Waals surface area contributed by atoms with Gasteiger partial charge in [0.1, 0.15) is 0 Å². The number of nitrogens with one attached hydrogen (secondary N) is 1. The van der Waals surface area contributed by atoms with E-state index in [9.17, 15) is 4.79 Å². The summed E-state index contributed by atoms with van der Waals surface area (Å²) in [7, 11) is 0. The van der Waals surface area contributed by atoms with Crippen molar-refractivity contribution in [3.8, 4) is 0 Å². The Morgan fingerprint density at radius 3 is 2.53 bits per heavy atom. The van der Waals surface area contributed by atoms with E-state index < -0.39 is 0 Å². The van der Waals surface area contributed by atoms with Gasteiger partial charge < -0.3 is 10.1 Å². The van der Waals surface area contributed by atoms with Crippen LogP contribution in [0.1, 0.15) is 39.0 Å². The molecule has 1 unspecified atom stereocenters. The second kappa shape index (κ2) is 4.97. The summed E-state index contributed by atoms with van der Waals surface area (Å²) in [6, 6.07) is 0.425. The number of carbonyl (C=O) groups is 1. The van der Waals surface area contributed by atoms with Gasteiger partial charge in [0.2, 0.25) is 5.91 Å². The van der Waals surface area contributed by atoms with Crippen LogP contribution in [0, 0.1) is 11.8 Å². The van der Waals surface area contributed by atoms with Gasteiger partial charge in [-0.15, -0.1) is 0 Å². The molecule has 0 aromatic carbocycles. The molecule has 2 fully saturated rings. The van der Waals surface area contributed by atoms with Gasteiger partial charge in [0.15, 0.2) is 0 Å². The van der Waals surface area contributed by atoms with E-state index in [0.29, 0.717) is 12.6 Å². The van der Waals surface area contributed by atoms with Gasteiger partial charge in [0, 0.05) is 12.6 Å². The Balaban J connectivity index is 1.74. The van der Waals surface area contributed by atoms with Crippen LogP contribution in [0.25, 0.3) is 0 Å². The number of carbonyl (C=O) groups excluding carboxylic acids is 1. The van der Waals surface area contributed by atoms with Crippen LogP contribution in [-0.4, -0.2) is 25.2 Å². The van der Waals surface area contributed by atoms with E-state index in [2.05, 4.69) is 12.2 Å². The molecule has 0 spiro atoms. The first-order valence-corrected chi connectivity index (χ1v) is 6.14. The van der Waals surface area contributed by atoms with E-state index >= 15 is 0 Å². The molecule has 1 aliphatic carbocycles. The topological polar surface area (TPSA) is 38.3 Å². The van der Waals surface area contributed by atoms with Gasteiger partial charge in [0.05, 0.1) is 12.5 Å². The van der Waals surface area contributed by atoms with Crippen molar-refractivity contribution >= 4 is 5.91 Å². The summed E-state index contributed by atoms with van der Waals surface area (Å²) in [5.74, 6) is 1.17. The summed E-state index contributed by atoms with van der Waals surface area (Å²) < 4.78 is 5.22. The van der Waals surface area contributed by atoms with Crippen LogP contribution in [0.4, 0.5) is 0 Å². The van der Waals surface area contributed by atoms with Gasteiger partial charge in [-0.25, -0.2) is 0 Å². The summed E-state index contributed by atoms with van der Waals surface area (Å²) in [4.78, 5) is 11.8. The second-order valence-electron chi connectivity index (χ2n) is 5.03. The highest BCUT2D eigenvalue weighted by Gasteiger charge is 2.26. The molecule has 1 aliphatic heterocycles. The molecule has 1 heterocycles. The molecule has 1 amide bonds. The molecule has 0 bridgehead atoms. The van der Waals surface area contributed by atoms with Gasteiger partial charge in [-0.1, -0.05) is 6.92 Å². The number of hydrogen-bond acceptors (Lipinski definition) is 2.